The number of nitrogens with two attached hydrogens (primary N) is 1. The highest BCUT2D eigenvalue weighted by Gasteiger charge is 2.05. The quantitative estimate of drug-likeness (QED) is 0.734. The zero-order valence-electron chi connectivity index (χ0n) is 12.4. The van der Waals surface area contributed by atoms with Gasteiger partial charge >= 0.3 is 0 Å². The standard InChI is InChI=1S/C16H25N3S/c1-12(2)10-13(17)11-18-9-5-8-16-19-14-6-3-4-7-15(14)20-16/h3-4,6-7,12-13,18H,5,8-11,17H2,1-2H3. The molecule has 0 aliphatic heterocycles. The van der Waals surface area contributed by atoms with Crippen LogP contribution in [-0.4, -0.2) is 24.1 Å². The molecule has 0 aliphatic rings. The van der Waals surface area contributed by atoms with Gasteiger partial charge in [-0.25, -0.2) is 4.98 Å². The molecule has 0 aliphatic carbocycles. The molecule has 1 aromatic heterocycles. The monoisotopic (exact) mass is 291 g/mol. The van der Waals surface area contributed by atoms with E-state index < -0.39 is 0 Å². The molecule has 1 unspecified atom stereocenters. The molecular weight excluding hydrogens is 266 g/mol. The number of fused-ring (bicyclic) bond motifs is 1. The van der Waals surface area contributed by atoms with E-state index in [0.717, 1.165) is 37.9 Å². The van der Waals surface area contributed by atoms with Gasteiger partial charge < -0.3 is 11.1 Å². The second kappa shape index (κ2) is 7.72. The predicted octanol–water partition coefficient (Wildman–Crippen LogP) is 3.19. The molecule has 0 amide bonds. The van der Waals surface area contributed by atoms with Crippen molar-refractivity contribution >= 4 is 21.6 Å². The zero-order valence-corrected chi connectivity index (χ0v) is 13.2. The Labute approximate surface area is 125 Å². The van der Waals surface area contributed by atoms with Gasteiger partial charge in [-0.2, -0.15) is 0 Å². The normalized spacial score (nSPS) is 13.2. The third kappa shape index (κ3) is 4.85. The smallest absolute Gasteiger partial charge is 0.0939 e. The number of aryl methyl sites for hydroxylation is 1. The van der Waals surface area contributed by atoms with Gasteiger partial charge in [0.05, 0.1) is 15.2 Å². The molecule has 3 N–H and O–H groups in total. The van der Waals surface area contributed by atoms with Crippen molar-refractivity contribution in [3.8, 4) is 0 Å². The van der Waals surface area contributed by atoms with Gasteiger partial charge in [0.1, 0.15) is 0 Å². The van der Waals surface area contributed by atoms with E-state index in [9.17, 15) is 0 Å². The topological polar surface area (TPSA) is 50.9 Å². The molecule has 1 atom stereocenters. The Morgan fingerprint density at radius 1 is 1.30 bits per heavy atom. The minimum absolute atomic E-state index is 0.275. The van der Waals surface area contributed by atoms with E-state index in [4.69, 9.17) is 5.73 Å². The van der Waals surface area contributed by atoms with Crippen LogP contribution in [0.1, 0.15) is 31.7 Å². The van der Waals surface area contributed by atoms with E-state index in [1.165, 1.54) is 9.71 Å². The van der Waals surface area contributed by atoms with Crippen molar-refractivity contribution in [3.05, 3.63) is 29.3 Å². The number of thiazole rings is 1. The molecule has 20 heavy (non-hydrogen) atoms. The highest BCUT2D eigenvalue weighted by molar-refractivity contribution is 7.18. The summed E-state index contributed by atoms with van der Waals surface area (Å²) in [7, 11) is 0. The SMILES string of the molecule is CC(C)CC(N)CNCCCc1nc2ccccc2s1. The second-order valence-electron chi connectivity index (χ2n) is 5.77. The molecule has 0 saturated heterocycles. The second-order valence-corrected chi connectivity index (χ2v) is 6.89. The van der Waals surface area contributed by atoms with Gasteiger partial charge in [0, 0.05) is 19.0 Å². The minimum atomic E-state index is 0.275. The lowest BCUT2D eigenvalue weighted by molar-refractivity contribution is 0.466. The fourth-order valence-electron chi connectivity index (χ4n) is 2.37. The zero-order chi connectivity index (χ0) is 14.4. The summed E-state index contributed by atoms with van der Waals surface area (Å²) in [5, 5.41) is 4.68. The van der Waals surface area contributed by atoms with Crippen molar-refractivity contribution in [2.75, 3.05) is 13.1 Å². The summed E-state index contributed by atoms with van der Waals surface area (Å²) >= 11 is 1.81. The van der Waals surface area contributed by atoms with E-state index in [2.05, 4.69) is 42.3 Å². The van der Waals surface area contributed by atoms with Crippen LogP contribution in [-0.2, 0) is 6.42 Å². The molecule has 0 radical (unpaired) electrons. The summed E-state index contributed by atoms with van der Waals surface area (Å²) in [6, 6.07) is 8.61. The van der Waals surface area contributed by atoms with Gasteiger partial charge in [-0.3, -0.25) is 0 Å². The van der Waals surface area contributed by atoms with Crippen LogP contribution in [0, 0.1) is 5.92 Å². The number of nitrogens with one attached hydrogen (secondary N) is 1. The van der Waals surface area contributed by atoms with Crippen molar-refractivity contribution in [3.63, 3.8) is 0 Å². The van der Waals surface area contributed by atoms with Crippen LogP contribution in [0.4, 0.5) is 0 Å². The van der Waals surface area contributed by atoms with Crippen molar-refractivity contribution in [1.82, 2.24) is 10.3 Å². The molecule has 0 bridgehead atoms. The lowest BCUT2D eigenvalue weighted by Gasteiger charge is -2.14. The highest BCUT2D eigenvalue weighted by Crippen LogP contribution is 2.22. The molecule has 0 spiro atoms. The van der Waals surface area contributed by atoms with E-state index in [1.807, 2.05) is 6.07 Å². The van der Waals surface area contributed by atoms with Crippen LogP contribution < -0.4 is 11.1 Å². The number of para-hydroxylation sites is 1. The van der Waals surface area contributed by atoms with Crippen molar-refractivity contribution in [2.45, 2.75) is 39.2 Å². The molecule has 2 rings (SSSR count). The van der Waals surface area contributed by atoms with Crippen LogP contribution in [0.2, 0.25) is 0 Å². The van der Waals surface area contributed by atoms with Gasteiger partial charge in [0.2, 0.25) is 0 Å². The summed E-state index contributed by atoms with van der Waals surface area (Å²) in [5.41, 5.74) is 7.17. The largest absolute Gasteiger partial charge is 0.327 e. The van der Waals surface area contributed by atoms with Crippen LogP contribution in [0.5, 0.6) is 0 Å². The van der Waals surface area contributed by atoms with E-state index in [1.54, 1.807) is 11.3 Å². The third-order valence-corrected chi connectivity index (χ3v) is 4.36. The third-order valence-electron chi connectivity index (χ3n) is 3.26. The Morgan fingerprint density at radius 3 is 2.85 bits per heavy atom. The summed E-state index contributed by atoms with van der Waals surface area (Å²) in [6.45, 7) is 6.36. The summed E-state index contributed by atoms with van der Waals surface area (Å²) in [5.74, 6) is 0.676. The number of aromatic nitrogens is 1. The Bertz CT molecular complexity index is 488. The average molecular weight is 291 g/mol. The maximum atomic E-state index is 6.05. The number of benzene rings is 1. The molecule has 2 aromatic rings. The molecule has 1 heterocycles. The first-order valence-corrected chi connectivity index (χ1v) is 8.27. The number of hydrogen-bond acceptors (Lipinski definition) is 4. The number of hydrogen-bond donors (Lipinski definition) is 2. The Hall–Kier alpha value is -0.970. The van der Waals surface area contributed by atoms with Gasteiger partial charge in [0.25, 0.3) is 0 Å². The first-order chi connectivity index (χ1) is 9.65. The van der Waals surface area contributed by atoms with Crippen LogP contribution in [0.25, 0.3) is 10.2 Å². The lowest BCUT2D eigenvalue weighted by Crippen LogP contribution is -2.35. The first-order valence-electron chi connectivity index (χ1n) is 7.46. The molecular formula is C16H25N3S. The first kappa shape index (κ1) is 15.4. The van der Waals surface area contributed by atoms with Gasteiger partial charge in [-0.05, 0) is 37.4 Å². The maximum absolute atomic E-state index is 6.05. The van der Waals surface area contributed by atoms with Gasteiger partial charge in [0.15, 0.2) is 0 Å². The van der Waals surface area contributed by atoms with Crippen LogP contribution in [0.15, 0.2) is 24.3 Å². The number of nitrogens with zero attached hydrogens (tertiary/aromatic N) is 1. The Balaban J connectivity index is 1.66. The predicted molar refractivity (Wildman–Crippen MR) is 88.2 cm³/mol. The van der Waals surface area contributed by atoms with Crippen LogP contribution >= 0.6 is 11.3 Å². The van der Waals surface area contributed by atoms with Gasteiger partial charge in [-0.15, -0.1) is 11.3 Å². The van der Waals surface area contributed by atoms with Crippen molar-refractivity contribution < 1.29 is 0 Å². The molecule has 0 fully saturated rings. The number of rotatable bonds is 8. The highest BCUT2D eigenvalue weighted by atomic mass is 32.1. The molecule has 1 aromatic carbocycles. The average Bonchev–Trinajstić information content (AvgIpc) is 2.80. The molecule has 3 nitrogen and oxygen atoms in total. The molecule has 4 heteroatoms. The molecule has 110 valence electrons. The van der Waals surface area contributed by atoms with Crippen molar-refractivity contribution in [1.29, 1.82) is 0 Å². The fraction of sp³-hybridized carbons (Fsp3) is 0.562. The summed E-state index contributed by atoms with van der Waals surface area (Å²) in [4.78, 5) is 4.65. The maximum Gasteiger partial charge on any atom is 0.0939 e. The Morgan fingerprint density at radius 2 is 2.10 bits per heavy atom. The van der Waals surface area contributed by atoms with E-state index in [-0.39, 0.29) is 6.04 Å². The Kier molecular flexibility index (Phi) is 5.95. The summed E-state index contributed by atoms with van der Waals surface area (Å²) in [6.07, 6.45) is 3.25. The van der Waals surface area contributed by atoms with E-state index in [0.29, 0.717) is 5.92 Å². The van der Waals surface area contributed by atoms with Gasteiger partial charge in [-0.1, -0.05) is 26.0 Å². The fourth-order valence-corrected chi connectivity index (χ4v) is 3.38. The van der Waals surface area contributed by atoms with Crippen molar-refractivity contribution in [2.24, 2.45) is 11.7 Å². The minimum Gasteiger partial charge on any atom is -0.327 e. The van der Waals surface area contributed by atoms with E-state index >= 15 is 0 Å². The lowest BCUT2D eigenvalue weighted by atomic mass is 10.0. The van der Waals surface area contributed by atoms with Crippen LogP contribution in [0.3, 0.4) is 0 Å². The summed E-state index contributed by atoms with van der Waals surface area (Å²) < 4.78 is 1.29. The molecule has 0 saturated carbocycles.